The SMILES string of the molecule is CC(C)CNCC(C)(C1CC1)C1CC1c1ccccc1. The molecule has 0 spiro atoms. The highest BCUT2D eigenvalue weighted by Crippen LogP contribution is 2.63. The summed E-state index contributed by atoms with van der Waals surface area (Å²) in [7, 11) is 0. The quantitative estimate of drug-likeness (QED) is 0.772. The zero-order valence-corrected chi connectivity index (χ0v) is 13.2. The van der Waals surface area contributed by atoms with Gasteiger partial charge in [0.15, 0.2) is 0 Å². The molecule has 1 heteroatoms. The van der Waals surface area contributed by atoms with Gasteiger partial charge in [-0.05, 0) is 60.5 Å². The molecule has 0 radical (unpaired) electrons. The Kier molecular flexibility index (Phi) is 3.90. The summed E-state index contributed by atoms with van der Waals surface area (Å²) in [6.07, 6.45) is 4.32. The van der Waals surface area contributed by atoms with Crippen LogP contribution in [-0.4, -0.2) is 13.1 Å². The third-order valence-corrected chi connectivity index (χ3v) is 5.43. The second-order valence-electron chi connectivity index (χ2n) is 7.66. The summed E-state index contributed by atoms with van der Waals surface area (Å²) in [5.74, 6) is 3.45. The Morgan fingerprint density at radius 3 is 2.50 bits per heavy atom. The van der Waals surface area contributed by atoms with Gasteiger partial charge in [-0.3, -0.25) is 0 Å². The molecular weight excluding hydrogens is 242 g/mol. The predicted octanol–water partition coefficient (Wildman–Crippen LogP) is 4.45. The molecule has 1 N–H and O–H groups in total. The summed E-state index contributed by atoms with van der Waals surface area (Å²) < 4.78 is 0. The van der Waals surface area contributed by atoms with Crippen molar-refractivity contribution in [2.75, 3.05) is 13.1 Å². The van der Waals surface area contributed by atoms with Gasteiger partial charge in [0.05, 0.1) is 0 Å². The molecule has 0 bridgehead atoms. The van der Waals surface area contributed by atoms with Crippen molar-refractivity contribution < 1.29 is 0 Å². The van der Waals surface area contributed by atoms with Crippen molar-refractivity contribution in [2.45, 2.75) is 46.0 Å². The normalized spacial score (nSPS) is 28.4. The van der Waals surface area contributed by atoms with Crippen LogP contribution in [-0.2, 0) is 0 Å². The molecule has 1 aromatic rings. The fourth-order valence-electron chi connectivity index (χ4n) is 3.94. The minimum atomic E-state index is 0.523. The van der Waals surface area contributed by atoms with E-state index in [1.165, 1.54) is 25.8 Å². The summed E-state index contributed by atoms with van der Waals surface area (Å²) in [4.78, 5) is 0. The Bertz CT molecular complexity index is 434. The van der Waals surface area contributed by atoms with E-state index >= 15 is 0 Å². The topological polar surface area (TPSA) is 12.0 Å². The molecule has 0 aromatic heterocycles. The van der Waals surface area contributed by atoms with E-state index in [9.17, 15) is 0 Å². The third-order valence-electron chi connectivity index (χ3n) is 5.43. The van der Waals surface area contributed by atoms with Crippen molar-refractivity contribution in [1.29, 1.82) is 0 Å². The smallest absolute Gasteiger partial charge is 0.00108 e. The molecular formula is C19H29N. The summed E-state index contributed by atoms with van der Waals surface area (Å²) in [5.41, 5.74) is 2.09. The first-order valence-corrected chi connectivity index (χ1v) is 8.37. The second kappa shape index (κ2) is 5.52. The number of benzene rings is 1. The lowest BCUT2D eigenvalue weighted by molar-refractivity contribution is 0.208. The fourth-order valence-corrected chi connectivity index (χ4v) is 3.94. The van der Waals surface area contributed by atoms with Gasteiger partial charge in [0, 0.05) is 6.54 Å². The lowest BCUT2D eigenvalue weighted by Crippen LogP contribution is -2.37. The van der Waals surface area contributed by atoms with E-state index < -0.39 is 0 Å². The molecule has 3 unspecified atom stereocenters. The van der Waals surface area contributed by atoms with Gasteiger partial charge in [-0.25, -0.2) is 0 Å². The highest BCUT2D eigenvalue weighted by molar-refractivity contribution is 5.28. The number of rotatable bonds is 7. The number of nitrogens with one attached hydrogen (secondary N) is 1. The van der Waals surface area contributed by atoms with Crippen LogP contribution < -0.4 is 5.32 Å². The van der Waals surface area contributed by atoms with Crippen LogP contribution in [0.1, 0.15) is 51.5 Å². The molecule has 1 aromatic carbocycles. The molecule has 2 fully saturated rings. The van der Waals surface area contributed by atoms with Gasteiger partial charge in [0.2, 0.25) is 0 Å². The van der Waals surface area contributed by atoms with Crippen LogP contribution in [0.4, 0.5) is 0 Å². The van der Waals surface area contributed by atoms with Crippen LogP contribution in [0.25, 0.3) is 0 Å². The first-order chi connectivity index (χ1) is 9.61. The van der Waals surface area contributed by atoms with Gasteiger partial charge in [-0.15, -0.1) is 0 Å². The van der Waals surface area contributed by atoms with Crippen LogP contribution in [0.5, 0.6) is 0 Å². The molecule has 2 aliphatic rings. The van der Waals surface area contributed by atoms with E-state index in [1.807, 2.05) is 0 Å². The number of hydrogen-bond acceptors (Lipinski definition) is 1. The second-order valence-corrected chi connectivity index (χ2v) is 7.66. The number of hydrogen-bond donors (Lipinski definition) is 1. The summed E-state index contributed by atoms with van der Waals surface area (Å²) in [6.45, 7) is 9.51. The zero-order chi connectivity index (χ0) is 14.2. The molecule has 0 aliphatic heterocycles. The average Bonchev–Trinajstić information content (AvgIpc) is 3.30. The highest BCUT2D eigenvalue weighted by atomic mass is 14.9. The zero-order valence-electron chi connectivity index (χ0n) is 13.2. The van der Waals surface area contributed by atoms with Crippen molar-refractivity contribution in [1.82, 2.24) is 5.32 Å². The van der Waals surface area contributed by atoms with Crippen molar-refractivity contribution in [3.8, 4) is 0 Å². The highest BCUT2D eigenvalue weighted by Gasteiger charge is 2.56. The van der Waals surface area contributed by atoms with Crippen LogP contribution in [0, 0.1) is 23.2 Å². The van der Waals surface area contributed by atoms with Gasteiger partial charge in [0.1, 0.15) is 0 Å². The van der Waals surface area contributed by atoms with E-state index in [1.54, 1.807) is 5.56 Å². The van der Waals surface area contributed by atoms with E-state index in [4.69, 9.17) is 0 Å². The van der Waals surface area contributed by atoms with E-state index in [0.717, 1.165) is 30.2 Å². The standard InChI is InChI=1S/C19H29N/c1-14(2)12-20-13-19(3,16-9-10-16)18-11-17(18)15-7-5-4-6-8-15/h4-8,14,16-18,20H,9-13H2,1-3H3. The Morgan fingerprint density at radius 2 is 1.90 bits per heavy atom. The molecule has 110 valence electrons. The molecule has 3 rings (SSSR count). The monoisotopic (exact) mass is 271 g/mol. The van der Waals surface area contributed by atoms with Crippen LogP contribution >= 0.6 is 0 Å². The summed E-state index contributed by atoms with van der Waals surface area (Å²) in [5, 5.41) is 3.74. The molecule has 1 nitrogen and oxygen atoms in total. The minimum Gasteiger partial charge on any atom is -0.316 e. The van der Waals surface area contributed by atoms with Gasteiger partial charge in [0.25, 0.3) is 0 Å². The Balaban J connectivity index is 1.63. The van der Waals surface area contributed by atoms with Gasteiger partial charge in [-0.1, -0.05) is 51.1 Å². The minimum absolute atomic E-state index is 0.523. The Morgan fingerprint density at radius 1 is 1.20 bits per heavy atom. The van der Waals surface area contributed by atoms with Gasteiger partial charge in [-0.2, -0.15) is 0 Å². The maximum Gasteiger partial charge on any atom is 0.00108 e. The molecule has 3 atom stereocenters. The predicted molar refractivity (Wildman–Crippen MR) is 85.8 cm³/mol. The van der Waals surface area contributed by atoms with Crippen molar-refractivity contribution in [3.63, 3.8) is 0 Å². The summed E-state index contributed by atoms with van der Waals surface area (Å²) >= 11 is 0. The maximum atomic E-state index is 3.74. The largest absolute Gasteiger partial charge is 0.316 e. The van der Waals surface area contributed by atoms with Crippen molar-refractivity contribution in [2.24, 2.45) is 23.2 Å². The lowest BCUT2D eigenvalue weighted by Gasteiger charge is -2.31. The van der Waals surface area contributed by atoms with Crippen LogP contribution in [0.2, 0.25) is 0 Å². The lowest BCUT2D eigenvalue weighted by atomic mass is 9.78. The summed E-state index contributed by atoms with van der Waals surface area (Å²) in [6, 6.07) is 11.1. The van der Waals surface area contributed by atoms with E-state index in [-0.39, 0.29) is 0 Å². The van der Waals surface area contributed by atoms with Gasteiger partial charge < -0.3 is 5.32 Å². The van der Waals surface area contributed by atoms with Crippen molar-refractivity contribution >= 4 is 0 Å². The molecule has 2 aliphatic carbocycles. The maximum absolute atomic E-state index is 3.74. The molecule has 2 saturated carbocycles. The van der Waals surface area contributed by atoms with E-state index in [2.05, 4.69) is 56.4 Å². The molecule has 20 heavy (non-hydrogen) atoms. The Labute approximate surface area is 124 Å². The van der Waals surface area contributed by atoms with E-state index in [0.29, 0.717) is 5.41 Å². The van der Waals surface area contributed by atoms with Crippen LogP contribution in [0.15, 0.2) is 30.3 Å². The average molecular weight is 271 g/mol. The first kappa shape index (κ1) is 14.1. The van der Waals surface area contributed by atoms with Crippen LogP contribution in [0.3, 0.4) is 0 Å². The van der Waals surface area contributed by atoms with Crippen molar-refractivity contribution in [3.05, 3.63) is 35.9 Å². The first-order valence-electron chi connectivity index (χ1n) is 8.37. The third kappa shape index (κ3) is 2.93. The molecule has 0 amide bonds. The Hall–Kier alpha value is -0.820. The molecule has 0 saturated heterocycles. The molecule has 0 heterocycles. The fraction of sp³-hybridized carbons (Fsp3) is 0.684. The van der Waals surface area contributed by atoms with Gasteiger partial charge >= 0.3 is 0 Å².